The standard InChI is InChI=1S/C17H18FN3O/c1-12-4-3-5-16(10-12)19-11-17(22)21-20-13(2)14-6-8-15(18)9-7-14/h3-10,19H,11H2,1-2H3,(H,21,22)/b20-13-. The van der Waals surface area contributed by atoms with Gasteiger partial charge in [-0.3, -0.25) is 4.79 Å². The van der Waals surface area contributed by atoms with Crippen LogP contribution in [0, 0.1) is 12.7 Å². The van der Waals surface area contributed by atoms with Crippen molar-refractivity contribution < 1.29 is 9.18 Å². The smallest absolute Gasteiger partial charge is 0.259 e. The molecule has 0 unspecified atom stereocenters. The molecule has 22 heavy (non-hydrogen) atoms. The number of hydrogen-bond donors (Lipinski definition) is 2. The molecule has 0 aliphatic carbocycles. The molecule has 4 nitrogen and oxygen atoms in total. The number of anilines is 1. The molecule has 0 saturated heterocycles. The van der Waals surface area contributed by atoms with Crippen LogP contribution in [0.2, 0.25) is 0 Å². The van der Waals surface area contributed by atoms with Crippen LogP contribution in [0.15, 0.2) is 53.6 Å². The molecular weight excluding hydrogens is 281 g/mol. The molecule has 2 aromatic rings. The first-order chi connectivity index (χ1) is 10.5. The fraction of sp³-hybridized carbons (Fsp3) is 0.176. The molecule has 0 fully saturated rings. The predicted octanol–water partition coefficient (Wildman–Crippen LogP) is 3.09. The van der Waals surface area contributed by atoms with Crippen LogP contribution in [0.3, 0.4) is 0 Å². The lowest BCUT2D eigenvalue weighted by Crippen LogP contribution is -2.26. The maximum atomic E-state index is 12.8. The van der Waals surface area contributed by atoms with Crippen molar-refractivity contribution in [3.8, 4) is 0 Å². The van der Waals surface area contributed by atoms with Crippen LogP contribution >= 0.6 is 0 Å². The number of carbonyl (C=O) groups excluding carboxylic acids is 1. The largest absolute Gasteiger partial charge is 0.376 e. The number of aryl methyl sites for hydroxylation is 1. The molecule has 0 aliphatic rings. The van der Waals surface area contributed by atoms with Gasteiger partial charge in [0.1, 0.15) is 5.82 Å². The minimum atomic E-state index is -0.303. The molecule has 2 rings (SSSR count). The quantitative estimate of drug-likeness (QED) is 0.658. The molecule has 2 aromatic carbocycles. The second-order valence-corrected chi connectivity index (χ2v) is 4.96. The fourth-order valence-electron chi connectivity index (χ4n) is 1.88. The highest BCUT2D eigenvalue weighted by Gasteiger charge is 2.02. The lowest BCUT2D eigenvalue weighted by Gasteiger charge is -2.06. The highest BCUT2D eigenvalue weighted by atomic mass is 19.1. The number of nitrogens with one attached hydrogen (secondary N) is 2. The third kappa shape index (κ3) is 4.70. The first-order valence-corrected chi connectivity index (χ1v) is 6.94. The van der Waals surface area contributed by atoms with E-state index in [1.807, 2.05) is 31.2 Å². The SMILES string of the molecule is C/C(=N/NC(=O)CNc1cccc(C)c1)c1ccc(F)cc1. The average molecular weight is 299 g/mol. The summed E-state index contributed by atoms with van der Waals surface area (Å²) < 4.78 is 12.8. The van der Waals surface area contributed by atoms with Crippen molar-refractivity contribution in [2.45, 2.75) is 13.8 Å². The topological polar surface area (TPSA) is 53.5 Å². The summed E-state index contributed by atoms with van der Waals surface area (Å²) in [5.41, 5.74) is 5.85. The van der Waals surface area contributed by atoms with Crippen LogP contribution in [0.5, 0.6) is 0 Å². The number of nitrogens with zero attached hydrogens (tertiary/aromatic N) is 1. The molecule has 0 spiro atoms. The van der Waals surface area contributed by atoms with E-state index in [1.54, 1.807) is 19.1 Å². The minimum Gasteiger partial charge on any atom is -0.376 e. The van der Waals surface area contributed by atoms with Crippen LogP contribution in [0.4, 0.5) is 10.1 Å². The third-order valence-electron chi connectivity index (χ3n) is 3.08. The monoisotopic (exact) mass is 299 g/mol. The maximum absolute atomic E-state index is 12.8. The molecule has 114 valence electrons. The Labute approximate surface area is 129 Å². The molecule has 0 atom stereocenters. The first kappa shape index (κ1) is 15.7. The molecule has 0 aromatic heterocycles. The van der Waals surface area contributed by atoms with E-state index < -0.39 is 0 Å². The van der Waals surface area contributed by atoms with Gasteiger partial charge in [-0.25, -0.2) is 9.82 Å². The zero-order valence-electron chi connectivity index (χ0n) is 12.6. The van der Waals surface area contributed by atoms with E-state index in [-0.39, 0.29) is 18.3 Å². The van der Waals surface area contributed by atoms with Crippen LogP contribution in [-0.4, -0.2) is 18.2 Å². The van der Waals surface area contributed by atoms with E-state index in [1.165, 1.54) is 12.1 Å². The van der Waals surface area contributed by atoms with Gasteiger partial charge in [0.25, 0.3) is 5.91 Å². The van der Waals surface area contributed by atoms with Gasteiger partial charge in [-0.15, -0.1) is 0 Å². The van der Waals surface area contributed by atoms with E-state index in [0.717, 1.165) is 16.8 Å². The molecule has 0 bridgehead atoms. The van der Waals surface area contributed by atoms with Crippen molar-refractivity contribution in [3.05, 3.63) is 65.5 Å². The Morgan fingerprint density at radius 2 is 1.91 bits per heavy atom. The Morgan fingerprint density at radius 3 is 2.59 bits per heavy atom. The summed E-state index contributed by atoms with van der Waals surface area (Å²) in [7, 11) is 0. The van der Waals surface area contributed by atoms with Gasteiger partial charge in [-0.1, -0.05) is 24.3 Å². The Hall–Kier alpha value is -2.69. The molecule has 0 saturated carbocycles. The molecule has 2 N–H and O–H groups in total. The van der Waals surface area contributed by atoms with Crippen molar-refractivity contribution in [2.24, 2.45) is 5.10 Å². The Bertz CT molecular complexity index is 681. The van der Waals surface area contributed by atoms with Crippen LogP contribution in [0.25, 0.3) is 0 Å². The molecule has 0 radical (unpaired) electrons. The predicted molar refractivity (Wildman–Crippen MR) is 86.4 cm³/mol. The Morgan fingerprint density at radius 1 is 1.18 bits per heavy atom. The van der Waals surface area contributed by atoms with Crippen LogP contribution in [-0.2, 0) is 4.79 Å². The summed E-state index contributed by atoms with van der Waals surface area (Å²) in [6.45, 7) is 3.87. The highest BCUT2D eigenvalue weighted by Crippen LogP contribution is 2.08. The summed E-state index contributed by atoms with van der Waals surface area (Å²) in [4.78, 5) is 11.8. The molecular formula is C17H18FN3O. The van der Waals surface area contributed by atoms with E-state index in [0.29, 0.717) is 5.71 Å². The summed E-state index contributed by atoms with van der Waals surface area (Å²) >= 11 is 0. The van der Waals surface area contributed by atoms with Crippen molar-refractivity contribution in [2.75, 3.05) is 11.9 Å². The highest BCUT2D eigenvalue weighted by molar-refractivity contribution is 5.99. The Balaban J connectivity index is 1.86. The number of hydrazone groups is 1. The second-order valence-electron chi connectivity index (χ2n) is 4.96. The van der Waals surface area contributed by atoms with E-state index in [4.69, 9.17) is 0 Å². The van der Waals surface area contributed by atoms with Gasteiger partial charge in [0.05, 0.1) is 12.3 Å². The lowest BCUT2D eigenvalue weighted by atomic mass is 10.1. The third-order valence-corrected chi connectivity index (χ3v) is 3.08. The normalized spacial score (nSPS) is 11.1. The number of rotatable bonds is 5. The van der Waals surface area contributed by atoms with Gasteiger partial charge >= 0.3 is 0 Å². The zero-order valence-corrected chi connectivity index (χ0v) is 12.6. The van der Waals surface area contributed by atoms with E-state index in [2.05, 4.69) is 15.8 Å². The number of halogens is 1. The number of amides is 1. The van der Waals surface area contributed by atoms with Crippen LogP contribution < -0.4 is 10.7 Å². The maximum Gasteiger partial charge on any atom is 0.259 e. The van der Waals surface area contributed by atoms with Gasteiger partial charge in [-0.05, 0) is 49.2 Å². The molecule has 5 heteroatoms. The zero-order chi connectivity index (χ0) is 15.9. The summed E-state index contributed by atoms with van der Waals surface area (Å²) in [5.74, 6) is -0.550. The molecule has 1 amide bonds. The van der Waals surface area contributed by atoms with E-state index in [9.17, 15) is 9.18 Å². The van der Waals surface area contributed by atoms with Gasteiger partial charge in [0, 0.05) is 5.69 Å². The van der Waals surface area contributed by atoms with Crippen LogP contribution in [0.1, 0.15) is 18.1 Å². The molecule has 0 aliphatic heterocycles. The Kier molecular flexibility index (Phi) is 5.25. The van der Waals surface area contributed by atoms with Crippen molar-refractivity contribution in [1.82, 2.24) is 5.43 Å². The van der Waals surface area contributed by atoms with Crippen molar-refractivity contribution in [3.63, 3.8) is 0 Å². The van der Waals surface area contributed by atoms with Gasteiger partial charge in [0.15, 0.2) is 0 Å². The van der Waals surface area contributed by atoms with Crippen molar-refractivity contribution in [1.29, 1.82) is 0 Å². The van der Waals surface area contributed by atoms with Crippen molar-refractivity contribution >= 4 is 17.3 Å². The average Bonchev–Trinajstić information content (AvgIpc) is 2.51. The summed E-state index contributed by atoms with van der Waals surface area (Å²) in [5, 5.41) is 7.03. The first-order valence-electron chi connectivity index (χ1n) is 6.94. The number of benzene rings is 2. The minimum absolute atomic E-state index is 0.129. The van der Waals surface area contributed by atoms with E-state index >= 15 is 0 Å². The number of carbonyl (C=O) groups is 1. The molecule has 0 heterocycles. The lowest BCUT2D eigenvalue weighted by molar-refractivity contribution is -0.119. The fourth-order valence-corrected chi connectivity index (χ4v) is 1.88. The second kappa shape index (κ2) is 7.36. The van der Waals surface area contributed by atoms with Gasteiger partial charge < -0.3 is 5.32 Å². The van der Waals surface area contributed by atoms with Gasteiger partial charge in [0.2, 0.25) is 0 Å². The van der Waals surface area contributed by atoms with Gasteiger partial charge in [-0.2, -0.15) is 5.10 Å². The number of hydrogen-bond acceptors (Lipinski definition) is 3. The summed E-state index contributed by atoms with van der Waals surface area (Å²) in [6.07, 6.45) is 0. The summed E-state index contributed by atoms with van der Waals surface area (Å²) in [6, 6.07) is 13.7.